The molecule has 0 aromatic heterocycles. The van der Waals surface area contributed by atoms with Crippen LogP contribution >= 0.6 is 0 Å². The van der Waals surface area contributed by atoms with Crippen molar-refractivity contribution >= 4 is 23.6 Å². The number of nitrogens with two attached hydrogens (primary N) is 2. The fourth-order valence-corrected chi connectivity index (χ4v) is 4.72. The van der Waals surface area contributed by atoms with E-state index in [1.165, 1.54) is 13.2 Å². The monoisotopic (exact) mass is 543 g/mol. The average molecular weight is 544 g/mol. The molecule has 10 heteroatoms. The van der Waals surface area contributed by atoms with E-state index in [0.29, 0.717) is 23.5 Å². The second kappa shape index (κ2) is 12.4. The number of nitrogens with zero attached hydrogens (tertiary/aromatic N) is 2. The molecule has 0 spiro atoms. The molecule has 6 N–H and O–H groups in total. The van der Waals surface area contributed by atoms with Gasteiger partial charge in [-0.1, -0.05) is 48.5 Å². The van der Waals surface area contributed by atoms with Crippen molar-refractivity contribution in [3.63, 3.8) is 0 Å². The highest BCUT2D eigenvalue weighted by molar-refractivity contribution is 5.94. The first-order chi connectivity index (χ1) is 19.2. The lowest BCUT2D eigenvalue weighted by atomic mass is 10.0. The van der Waals surface area contributed by atoms with Crippen LogP contribution in [0.1, 0.15) is 50.4 Å². The molecular formula is C30H33N5O5. The molecule has 1 aliphatic heterocycles. The number of benzene rings is 3. The molecule has 0 radical (unpaired) electrons. The molecule has 1 aliphatic rings. The molecule has 1 heterocycles. The summed E-state index contributed by atoms with van der Waals surface area (Å²) in [7, 11) is 1.40. The highest BCUT2D eigenvalue weighted by Crippen LogP contribution is 2.24. The number of hydrogen-bond acceptors (Lipinski definition) is 7. The topological polar surface area (TPSA) is 160 Å². The number of aromatic carboxylic acids is 1. The minimum Gasteiger partial charge on any atom is -0.496 e. The van der Waals surface area contributed by atoms with E-state index in [1.807, 2.05) is 37.3 Å². The maximum Gasteiger partial charge on any atom is 0.339 e. The first-order valence-corrected chi connectivity index (χ1v) is 12.9. The van der Waals surface area contributed by atoms with E-state index in [-0.39, 0.29) is 36.2 Å². The summed E-state index contributed by atoms with van der Waals surface area (Å²) in [5.41, 5.74) is 14.6. The third kappa shape index (κ3) is 6.47. The van der Waals surface area contributed by atoms with Crippen LogP contribution in [0, 0.1) is 0 Å². The Bertz CT molecular complexity index is 1410. The predicted molar refractivity (Wildman–Crippen MR) is 151 cm³/mol. The lowest BCUT2D eigenvalue weighted by Gasteiger charge is -2.32. The summed E-state index contributed by atoms with van der Waals surface area (Å²) in [5.74, 6) is -1.12. The molecule has 1 unspecified atom stereocenters. The van der Waals surface area contributed by atoms with Crippen LogP contribution in [-0.2, 0) is 17.8 Å². The maximum absolute atomic E-state index is 13.8. The first kappa shape index (κ1) is 28.3. The summed E-state index contributed by atoms with van der Waals surface area (Å²) >= 11 is 0. The Labute approximate surface area is 232 Å². The molecule has 3 aromatic rings. The summed E-state index contributed by atoms with van der Waals surface area (Å²) in [6, 6.07) is 20.0. The summed E-state index contributed by atoms with van der Waals surface area (Å²) in [6.45, 7) is 2.50. The standard InChI is InChI=1S/C30H33N5O5/c1-18(28-33-16-25(34-28)21-6-4-3-5-7-21)35(17-20-10-13-26(40-2)23(14-20)30(38)39)29(37)24(31)15-19-8-11-22(12-9-19)27(32)36/h3-14,18,24-25H,15-17,31H2,1-2H3,(H2,32,36)(H,33,34)(H,38,39)/t18-,24-,25?/m0/s1. The molecule has 0 fully saturated rings. The van der Waals surface area contributed by atoms with Crippen LogP contribution in [0.5, 0.6) is 5.75 Å². The van der Waals surface area contributed by atoms with Gasteiger partial charge in [0.2, 0.25) is 11.8 Å². The zero-order chi connectivity index (χ0) is 28.8. The minimum atomic E-state index is -1.13. The molecule has 0 aliphatic carbocycles. The van der Waals surface area contributed by atoms with Crippen LogP contribution in [-0.4, -0.2) is 59.4 Å². The summed E-state index contributed by atoms with van der Waals surface area (Å²) in [4.78, 5) is 43.3. The van der Waals surface area contributed by atoms with Crippen molar-refractivity contribution in [1.29, 1.82) is 0 Å². The zero-order valence-electron chi connectivity index (χ0n) is 22.4. The molecule has 0 saturated heterocycles. The highest BCUT2D eigenvalue weighted by atomic mass is 16.5. The predicted octanol–water partition coefficient (Wildman–Crippen LogP) is 2.52. The molecule has 40 heavy (non-hydrogen) atoms. The number of amides is 2. The fourth-order valence-electron chi connectivity index (χ4n) is 4.72. The number of aliphatic imine (C=N–C) groups is 1. The Hall–Kier alpha value is -4.70. The van der Waals surface area contributed by atoms with Crippen molar-refractivity contribution in [3.05, 3.63) is 101 Å². The number of rotatable bonds is 11. The molecular weight excluding hydrogens is 510 g/mol. The van der Waals surface area contributed by atoms with E-state index in [4.69, 9.17) is 21.2 Å². The van der Waals surface area contributed by atoms with Crippen LogP contribution < -0.4 is 21.5 Å². The first-order valence-electron chi connectivity index (χ1n) is 12.9. The molecule has 3 aromatic carbocycles. The van der Waals surface area contributed by atoms with Gasteiger partial charge in [0, 0.05) is 12.1 Å². The van der Waals surface area contributed by atoms with Crippen LogP contribution in [0.15, 0.2) is 77.8 Å². The van der Waals surface area contributed by atoms with Gasteiger partial charge >= 0.3 is 5.97 Å². The lowest BCUT2D eigenvalue weighted by Crippen LogP contribution is -2.52. The highest BCUT2D eigenvalue weighted by Gasteiger charge is 2.32. The van der Waals surface area contributed by atoms with E-state index in [1.54, 1.807) is 41.3 Å². The molecule has 208 valence electrons. The van der Waals surface area contributed by atoms with Crippen molar-refractivity contribution < 1.29 is 24.2 Å². The quantitative estimate of drug-likeness (QED) is 0.289. The van der Waals surface area contributed by atoms with Gasteiger partial charge in [-0.3, -0.25) is 14.6 Å². The van der Waals surface area contributed by atoms with Crippen LogP contribution in [0.25, 0.3) is 0 Å². The van der Waals surface area contributed by atoms with Gasteiger partial charge in [-0.2, -0.15) is 0 Å². The van der Waals surface area contributed by atoms with Crippen LogP contribution in [0.3, 0.4) is 0 Å². The van der Waals surface area contributed by atoms with E-state index < -0.39 is 24.0 Å². The summed E-state index contributed by atoms with van der Waals surface area (Å²) in [6.07, 6.45) is 0.233. The van der Waals surface area contributed by atoms with Gasteiger partial charge < -0.3 is 31.5 Å². The maximum atomic E-state index is 13.8. The van der Waals surface area contributed by atoms with Gasteiger partial charge in [0.1, 0.15) is 17.1 Å². The summed E-state index contributed by atoms with van der Waals surface area (Å²) in [5, 5.41) is 13.1. The molecule has 0 saturated carbocycles. The number of carbonyl (C=O) groups is 3. The van der Waals surface area contributed by atoms with Gasteiger partial charge in [-0.15, -0.1) is 0 Å². The minimum absolute atomic E-state index is 0.000588. The number of methoxy groups -OCH3 is 1. The van der Waals surface area contributed by atoms with E-state index in [2.05, 4.69) is 5.32 Å². The van der Waals surface area contributed by atoms with Crippen molar-refractivity contribution in [2.45, 2.75) is 38.0 Å². The average Bonchev–Trinajstić information content (AvgIpc) is 3.46. The van der Waals surface area contributed by atoms with Gasteiger partial charge in [0.25, 0.3) is 0 Å². The molecule has 10 nitrogen and oxygen atoms in total. The van der Waals surface area contributed by atoms with Crippen molar-refractivity contribution in [2.24, 2.45) is 16.5 Å². The molecule has 3 atom stereocenters. The number of carbonyl (C=O) groups excluding carboxylic acids is 2. The third-order valence-corrected chi connectivity index (χ3v) is 6.97. The second-order valence-electron chi connectivity index (χ2n) is 9.69. The van der Waals surface area contributed by atoms with Crippen molar-refractivity contribution in [1.82, 2.24) is 10.2 Å². The second-order valence-corrected chi connectivity index (χ2v) is 9.69. The summed E-state index contributed by atoms with van der Waals surface area (Å²) < 4.78 is 5.18. The lowest BCUT2D eigenvalue weighted by molar-refractivity contribution is -0.134. The Morgan fingerprint density at radius 2 is 1.75 bits per heavy atom. The fraction of sp³-hybridized carbons (Fsp3) is 0.267. The van der Waals surface area contributed by atoms with E-state index in [0.717, 1.165) is 11.1 Å². The largest absolute Gasteiger partial charge is 0.496 e. The number of hydrogen-bond donors (Lipinski definition) is 4. The van der Waals surface area contributed by atoms with Crippen molar-refractivity contribution in [2.75, 3.05) is 13.7 Å². The number of carboxylic acids is 1. The Morgan fingerprint density at radius 1 is 1.07 bits per heavy atom. The van der Waals surface area contributed by atoms with Gasteiger partial charge in [-0.25, -0.2) is 4.79 Å². The molecule has 4 rings (SSSR count). The van der Waals surface area contributed by atoms with Crippen molar-refractivity contribution in [3.8, 4) is 5.75 Å². The van der Waals surface area contributed by atoms with E-state index in [9.17, 15) is 19.5 Å². The molecule has 0 bridgehead atoms. The normalized spacial score (nSPS) is 15.9. The Morgan fingerprint density at radius 3 is 2.38 bits per heavy atom. The van der Waals surface area contributed by atoms with Gasteiger partial charge in [0.15, 0.2) is 0 Å². The number of ether oxygens (including phenoxy) is 1. The molecule has 2 amide bonds. The number of primary amides is 1. The third-order valence-electron chi connectivity index (χ3n) is 6.97. The SMILES string of the molecule is COc1ccc(CN(C(=O)[C@@H](N)Cc2ccc(C(N)=O)cc2)[C@@H](C)C2=NCC(c3ccccc3)N2)cc1C(=O)O. The number of nitrogens with one attached hydrogen (secondary N) is 1. The van der Waals surface area contributed by atoms with E-state index >= 15 is 0 Å². The Balaban J connectivity index is 1.58. The van der Waals surface area contributed by atoms with Gasteiger partial charge in [0.05, 0.1) is 31.8 Å². The zero-order valence-corrected chi connectivity index (χ0v) is 22.4. The number of amidine groups is 1. The smallest absolute Gasteiger partial charge is 0.339 e. The Kier molecular flexibility index (Phi) is 8.80. The number of carboxylic acid groups (broad SMARTS) is 1. The van der Waals surface area contributed by atoms with Crippen LogP contribution in [0.2, 0.25) is 0 Å². The van der Waals surface area contributed by atoms with Gasteiger partial charge in [-0.05, 0) is 54.3 Å². The van der Waals surface area contributed by atoms with Crippen LogP contribution in [0.4, 0.5) is 0 Å².